The quantitative estimate of drug-likeness (QED) is 0.170. The number of hydrogen-bond acceptors (Lipinski definition) is 8. The van der Waals surface area contributed by atoms with Gasteiger partial charge in [-0.2, -0.15) is 37.0 Å². The van der Waals surface area contributed by atoms with Crippen molar-refractivity contribution in [2.75, 3.05) is 23.5 Å². The summed E-state index contributed by atoms with van der Waals surface area (Å²) in [6, 6.07) is -3.88. The van der Waals surface area contributed by atoms with Gasteiger partial charge >= 0.3 is 5.97 Å². The van der Waals surface area contributed by atoms with Crippen LogP contribution in [0.2, 0.25) is 0 Å². The maximum absolute atomic E-state index is 12.8. The van der Waals surface area contributed by atoms with E-state index >= 15 is 0 Å². The van der Waals surface area contributed by atoms with Crippen LogP contribution in [-0.4, -0.2) is 76.5 Å². The second-order valence-corrected chi connectivity index (χ2v) is 8.30. The van der Waals surface area contributed by atoms with Gasteiger partial charge in [-0.15, -0.1) is 0 Å². The Kier molecular flexibility index (Phi) is 14.2. The third-order valence-corrected chi connectivity index (χ3v) is 5.75. The standard InChI is InChI=1S/C17H32N4O5S3/c1-4-9(2)13(21-14(22)10(18)5-6-29-3)16(24)19-11(7-27)15(23)20-12(8-28)17(25)26/h9-13,27-28H,4-8,18H2,1-3H3,(H,19,24)(H,20,23)(H,21,22)(H,25,26). The van der Waals surface area contributed by atoms with Crippen molar-refractivity contribution in [2.24, 2.45) is 11.7 Å². The van der Waals surface area contributed by atoms with Crippen molar-refractivity contribution in [3.63, 3.8) is 0 Å². The number of rotatable bonds is 14. The number of thiol groups is 2. The lowest BCUT2D eigenvalue weighted by molar-refractivity contribution is -0.141. The first-order chi connectivity index (χ1) is 13.6. The Morgan fingerprint density at radius 2 is 1.55 bits per heavy atom. The molecule has 0 bridgehead atoms. The molecule has 5 atom stereocenters. The molecule has 0 aliphatic carbocycles. The SMILES string of the molecule is CCC(C)C(NC(=O)C(N)CCSC)C(=O)NC(CS)C(=O)NC(CS)C(=O)O. The molecule has 0 aliphatic rings. The predicted octanol–water partition coefficient (Wildman–Crippen LogP) is -0.488. The van der Waals surface area contributed by atoms with Crippen molar-refractivity contribution in [2.45, 2.75) is 50.9 Å². The minimum absolute atomic E-state index is 0.0507. The third kappa shape index (κ3) is 9.96. The van der Waals surface area contributed by atoms with E-state index in [1.54, 1.807) is 18.7 Å². The maximum Gasteiger partial charge on any atom is 0.327 e. The van der Waals surface area contributed by atoms with E-state index in [4.69, 9.17) is 10.8 Å². The highest BCUT2D eigenvalue weighted by molar-refractivity contribution is 7.98. The first-order valence-electron chi connectivity index (χ1n) is 9.22. The number of carboxylic acids is 1. The lowest BCUT2D eigenvalue weighted by Gasteiger charge is -2.27. The van der Waals surface area contributed by atoms with Crippen molar-refractivity contribution >= 4 is 60.7 Å². The number of aliphatic carboxylic acids is 1. The van der Waals surface area contributed by atoms with E-state index < -0.39 is 47.9 Å². The highest BCUT2D eigenvalue weighted by Gasteiger charge is 2.31. The van der Waals surface area contributed by atoms with Crippen LogP contribution in [0.1, 0.15) is 26.7 Å². The molecule has 0 radical (unpaired) electrons. The smallest absolute Gasteiger partial charge is 0.327 e. The van der Waals surface area contributed by atoms with Gasteiger partial charge in [0.15, 0.2) is 0 Å². The Morgan fingerprint density at radius 3 is 2.00 bits per heavy atom. The lowest BCUT2D eigenvalue weighted by Crippen LogP contribution is -2.59. The summed E-state index contributed by atoms with van der Waals surface area (Å²) < 4.78 is 0. The molecule has 6 N–H and O–H groups in total. The first-order valence-corrected chi connectivity index (χ1v) is 11.9. The molecule has 0 saturated heterocycles. The summed E-state index contributed by atoms with van der Waals surface area (Å²) in [5, 5.41) is 16.5. The van der Waals surface area contributed by atoms with Crippen molar-refractivity contribution in [1.29, 1.82) is 0 Å². The van der Waals surface area contributed by atoms with E-state index in [-0.39, 0.29) is 17.4 Å². The maximum atomic E-state index is 12.8. The number of hydrogen-bond donors (Lipinski definition) is 7. The van der Waals surface area contributed by atoms with Gasteiger partial charge in [0.2, 0.25) is 17.7 Å². The van der Waals surface area contributed by atoms with E-state index in [2.05, 4.69) is 41.2 Å². The molecule has 29 heavy (non-hydrogen) atoms. The molecule has 0 aromatic carbocycles. The summed E-state index contributed by atoms with van der Waals surface area (Å²) in [5.41, 5.74) is 5.87. The summed E-state index contributed by atoms with van der Waals surface area (Å²) >= 11 is 9.52. The number of carbonyl (C=O) groups excluding carboxylic acids is 3. The molecule has 0 spiro atoms. The zero-order chi connectivity index (χ0) is 22.6. The van der Waals surface area contributed by atoms with E-state index in [9.17, 15) is 19.2 Å². The monoisotopic (exact) mass is 468 g/mol. The summed E-state index contributed by atoms with van der Waals surface area (Å²) in [6.07, 6.45) is 2.99. The molecular formula is C17H32N4O5S3. The van der Waals surface area contributed by atoms with E-state index in [1.165, 1.54) is 0 Å². The van der Waals surface area contributed by atoms with Crippen LogP contribution in [-0.2, 0) is 19.2 Å². The van der Waals surface area contributed by atoms with Crippen LogP contribution in [0.25, 0.3) is 0 Å². The van der Waals surface area contributed by atoms with Crippen molar-refractivity contribution in [1.82, 2.24) is 16.0 Å². The molecule has 0 rings (SSSR count). The Balaban J connectivity index is 5.16. The van der Waals surface area contributed by atoms with Gasteiger partial charge in [-0.25, -0.2) is 4.79 Å². The normalized spacial score (nSPS) is 16.1. The predicted molar refractivity (Wildman–Crippen MR) is 122 cm³/mol. The number of carbonyl (C=O) groups is 4. The van der Waals surface area contributed by atoms with Gasteiger partial charge in [0, 0.05) is 11.5 Å². The van der Waals surface area contributed by atoms with Gasteiger partial charge in [0.1, 0.15) is 18.1 Å². The Bertz CT molecular complexity index is 567. The second-order valence-electron chi connectivity index (χ2n) is 6.59. The molecule has 0 heterocycles. The fourth-order valence-electron chi connectivity index (χ4n) is 2.25. The van der Waals surface area contributed by atoms with Crippen molar-refractivity contribution in [3.8, 4) is 0 Å². The largest absolute Gasteiger partial charge is 0.480 e. The topological polar surface area (TPSA) is 151 Å². The zero-order valence-electron chi connectivity index (χ0n) is 16.9. The minimum Gasteiger partial charge on any atom is -0.480 e. The lowest BCUT2D eigenvalue weighted by atomic mass is 9.97. The number of amides is 3. The number of nitrogens with one attached hydrogen (secondary N) is 3. The van der Waals surface area contributed by atoms with Crippen LogP contribution in [0.15, 0.2) is 0 Å². The van der Waals surface area contributed by atoms with Gasteiger partial charge in [-0.1, -0.05) is 20.3 Å². The first kappa shape index (κ1) is 27.9. The molecular weight excluding hydrogens is 436 g/mol. The van der Waals surface area contributed by atoms with Crippen LogP contribution in [0, 0.1) is 5.92 Å². The summed E-state index contributed by atoms with van der Waals surface area (Å²) in [7, 11) is 0. The average Bonchev–Trinajstić information content (AvgIpc) is 2.70. The molecule has 0 fully saturated rings. The summed E-state index contributed by atoms with van der Waals surface area (Å²) in [4.78, 5) is 48.5. The molecule has 0 aromatic rings. The second kappa shape index (κ2) is 14.8. The average molecular weight is 469 g/mol. The van der Waals surface area contributed by atoms with Crippen LogP contribution >= 0.6 is 37.0 Å². The number of thioether (sulfide) groups is 1. The van der Waals surface area contributed by atoms with E-state index in [0.29, 0.717) is 18.6 Å². The van der Waals surface area contributed by atoms with Crippen molar-refractivity contribution in [3.05, 3.63) is 0 Å². The molecule has 9 nitrogen and oxygen atoms in total. The number of nitrogens with two attached hydrogens (primary N) is 1. The van der Waals surface area contributed by atoms with Crippen LogP contribution in [0.5, 0.6) is 0 Å². The van der Waals surface area contributed by atoms with Gasteiger partial charge in [0.05, 0.1) is 6.04 Å². The van der Waals surface area contributed by atoms with Crippen LogP contribution in [0.4, 0.5) is 0 Å². The van der Waals surface area contributed by atoms with Gasteiger partial charge in [-0.05, 0) is 24.3 Å². The molecule has 3 amide bonds. The van der Waals surface area contributed by atoms with E-state index in [1.807, 2.05) is 13.2 Å². The Labute approximate surface area is 186 Å². The van der Waals surface area contributed by atoms with E-state index in [0.717, 1.165) is 0 Å². The van der Waals surface area contributed by atoms with Crippen LogP contribution in [0.3, 0.4) is 0 Å². The van der Waals surface area contributed by atoms with Gasteiger partial charge in [0.25, 0.3) is 0 Å². The molecule has 0 aliphatic heterocycles. The fourth-order valence-corrected chi connectivity index (χ4v) is 3.25. The third-order valence-electron chi connectivity index (χ3n) is 4.38. The Hall–Kier alpha value is -1.11. The molecule has 0 saturated carbocycles. The van der Waals surface area contributed by atoms with Crippen molar-refractivity contribution < 1.29 is 24.3 Å². The minimum atomic E-state index is -1.23. The highest BCUT2D eigenvalue weighted by Crippen LogP contribution is 2.10. The Morgan fingerprint density at radius 1 is 1.00 bits per heavy atom. The molecule has 12 heteroatoms. The molecule has 168 valence electrons. The van der Waals surface area contributed by atoms with Gasteiger partial charge in [-0.3, -0.25) is 14.4 Å². The fraction of sp³-hybridized carbons (Fsp3) is 0.765. The van der Waals surface area contributed by atoms with Crippen LogP contribution < -0.4 is 21.7 Å². The zero-order valence-corrected chi connectivity index (χ0v) is 19.5. The summed E-state index contributed by atoms with van der Waals surface area (Å²) in [5.74, 6) is -2.57. The number of carboxylic acid groups (broad SMARTS) is 1. The molecule has 5 unspecified atom stereocenters. The highest BCUT2D eigenvalue weighted by atomic mass is 32.2. The summed E-state index contributed by atoms with van der Waals surface area (Å²) in [6.45, 7) is 3.67. The molecule has 0 aromatic heterocycles. The van der Waals surface area contributed by atoms with Gasteiger partial charge < -0.3 is 26.8 Å².